The number of hydrogen-bond acceptors (Lipinski definition) is 2. The van der Waals surface area contributed by atoms with E-state index in [2.05, 4.69) is 31.1 Å². The fourth-order valence-corrected chi connectivity index (χ4v) is 2.14. The molecule has 0 amide bonds. The molecule has 0 radical (unpaired) electrons. The maximum Gasteiger partial charge on any atom is 0.0218 e. The number of likely N-dealkylation sites (N-methyl/N-ethyl adjacent to an activating group) is 1. The lowest BCUT2D eigenvalue weighted by Crippen LogP contribution is -2.35. The predicted octanol–water partition coefficient (Wildman–Crippen LogP) is 2.11. The molecule has 0 aromatic rings. The van der Waals surface area contributed by atoms with Crippen LogP contribution < -0.4 is 5.32 Å². The zero-order valence-corrected chi connectivity index (χ0v) is 10.1. The molecule has 14 heavy (non-hydrogen) atoms. The molecule has 0 bridgehead atoms. The van der Waals surface area contributed by atoms with Crippen molar-refractivity contribution in [3.63, 3.8) is 0 Å². The van der Waals surface area contributed by atoms with Crippen LogP contribution in [-0.2, 0) is 0 Å². The van der Waals surface area contributed by atoms with Crippen molar-refractivity contribution in [1.29, 1.82) is 0 Å². The Kier molecular flexibility index (Phi) is 5.49. The Morgan fingerprint density at radius 1 is 1.43 bits per heavy atom. The van der Waals surface area contributed by atoms with Gasteiger partial charge in [-0.2, -0.15) is 0 Å². The van der Waals surface area contributed by atoms with Crippen LogP contribution in [0, 0.1) is 5.92 Å². The lowest BCUT2D eigenvalue weighted by Gasteiger charge is -2.19. The van der Waals surface area contributed by atoms with Crippen LogP contribution >= 0.6 is 0 Å². The summed E-state index contributed by atoms with van der Waals surface area (Å²) in [5.74, 6) is 0.853. The van der Waals surface area contributed by atoms with Crippen molar-refractivity contribution in [2.75, 3.05) is 26.7 Å². The summed E-state index contributed by atoms with van der Waals surface area (Å²) in [6.45, 7) is 8.27. The minimum atomic E-state index is 0.800. The van der Waals surface area contributed by atoms with Gasteiger partial charge in [0, 0.05) is 12.6 Å². The quantitative estimate of drug-likeness (QED) is 0.658. The molecule has 0 aromatic heterocycles. The van der Waals surface area contributed by atoms with Crippen molar-refractivity contribution in [3.05, 3.63) is 0 Å². The van der Waals surface area contributed by atoms with E-state index in [9.17, 15) is 0 Å². The Hall–Kier alpha value is -0.0800. The van der Waals surface area contributed by atoms with Gasteiger partial charge in [-0.15, -0.1) is 0 Å². The molecule has 1 aliphatic rings. The molecule has 1 saturated heterocycles. The van der Waals surface area contributed by atoms with Gasteiger partial charge >= 0.3 is 0 Å². The van der Waals surface area contributed by atoms with Crippen LogP contribution in [0.3, 0.4) is 0 Å². The Labute approximate surface area is 89.1 Å². The first-order valence-electron chi connectivity index (χ1n) is 6.11. The van der Waals surface area contributed by atoms with E-state index in [4.69, 9.17) is 0 Å². The molecule has 1 atom stereocenters. The van der Waals surface area contributed by atoms with Gasteiger partial charge in [-0.05, 0) is 51.7 Å². The summed E-state index contributed by atoms with van der Waals surface area (Å²) in [6, 6.07) is 0.800. The van der Waals surface area contributed by atoms with Crippen molar-refractivity contribution < 1.29 is 0 Å². The molecule has 0 aromatic carbocycles. The first-order valence-corrected chi connectivity index (χ1v) is 6.11. The molecular formula is C12H26N2. The number of likely N-dealkylation sites (tertiary alicyclic amines) is 1. The van der Waals surface area contributed by atoms with Crippen LogP contribution in [0.2, 0.25) is 0 Å². The SMILES string of the molecule is CC(C)CCCNCC1CCCN1C. The molecule has 1 aliphatic heterocycles. The van der Waals surface area contributed by atoms with Gasteiger partial charge in [0.05, 0.1) is 0 Å². The summed E-state index contributed by atoms with van der Waals surface area (Å²) in [4.78, 5) is 2.48. The number of nitrogens with zero attached hydrogens (tertiary/aromatic N) is 1. The van der Waals surface area contributed by atoms with Crippen molar-refractivity contribution in [1.82, 2.24) is 10.2 Å². The van der Waals surface area contributed by atoms with Crippen molar-refractivity contribution in [3.8, 4) is 0 Å². The standard InChI is InChI=1S/C12H26N2/c1-11(2)6-4-8-13-10-12-7-5-9-14(12)3/h11-13H,4-10H2,1-3H3. The first-order chi connectivity index (χ1) is 6.70. The average molecular weight is 198 g/mol. The summed E-state index contributed by atoms with van der Waals surface area (Å²) >= 11 is 0. The number of nitrogens with one attached hydrogen (secondary N) is 1. The van der Waals surface area contributed by atoms with Gasteiger partial charge in [0.15, 0.2) is 0 Å². The third-order valence-electron chi connectivity index (χ3n) is 3.19. The number of hydrogen-bond donors (Lipinski definition) is 1. The van der Waals surface area contributed by atoms with Gasteiger partial charge in [-0.25, -0.2) is 0 Å². The fraction of sp³-hybridized carbons (Fsp3) is 1.00. The number of rotatable bonds is 6. The van der Waals surface area contributed by atoms with Gasteiger partial charge in [0.2, 0.25) is 0 Å². The third kappa shape index (κ3) is 4.43. The molecule has 2 nitrogen and oxygen atoms in total. The molecule has 1 rings (SSSR count). The van der Waals surface area contributed by atoms with Crippen molar-refractivity contribution >= 4 is 0 Å². The van der Waals surface area contributed by atoms with Crippen LogP contribution in [0.1, 0.15) is 39.5 Å². The van der Waals surface area contributed by atoms with Crippen LogP contribution in [0.15, 0.2) is 0 Å². The lowest BCUT2D eigenvalue weighted by molar-refractivity contribution is 0.299. The molecule has 0 aliphatic carbocycles. The molecule has 0 spiro atoms. The lowest BCUT2D eigenvalue weighted by atomic mass is 10.1. The summed E-state index contributed by atoms with van der Waals surface area (Å²) < 4.78 is 0. The predicted molar refractivity (Wildman–Crippen MR) is 62.6 cm³/mol. The van der Waals surface area contributed by atoms with Crippen LogP contribution in [0.5, 0.6) is 0 Å². The normalized spacial score (nSPS) is 23.6. The van der Waals surface area contributed by atoms with Crippen molar-refractivity contribution in [2.24, 2.45) is 5.92 Å². The summed E-state index contributed by atoms with van der Waals surface area (Å²) in [6.07, 6.45) is 5.45. The fourth-order valence-electron chi connectivity index (χ4n) is 2.14. The zero-order valence-electron chi connectivity index (χ0n) is 10.1. The Balaban J connectivity index is 1.93. The molecule has 1 heterocycles. The van der Waals surface area contributed by atoms with E-state index in [1.54, 1.807) is 0 Å². The topological polar surface area (TPSA) is 15.3 Å². The molecule has 1 N–H and O–H groups in total. The molecule has 1 fully saturated rings. The average Bonchev–Trinajstić information content (AvgIpc) is 2.51. The van der Waals surface area contributed by atoms with Crippen LogP contribution in [0.25, 0.3) is 0 Å². The molecule has 0 saturated carbocycles. The minimum absolute atomic E-state index is 0.800. The van der Waals surface area contributed by atoms with E-state index in [-0.39, 0.29) is 0 Å². The monoisotopic (exact) mass is 198 g/mol. The largest absolute Gasteiger partial charge is 0.315 e. The van der Waals surface area contributed by atoms with Gasteiger partial charge in [-0.3, -0.25) is 0 Å². The highest BCUT2D eigenvalue weighted by Crippen LogP contribution is 2.13. The maximum atomic E-state index is 3.57. The van der Waals surface area contributed by atoms with Gasteiger partial charge in [-0.1, -0.05) is 13.8 Å². The second-order valence-electron chi connectivity index (χ2n) is 5.02. The van der Waals surface area contributed by atoms with Gasteiger partial charge in [0.1, 0.15) is 0 Å². The highest BCUT2D eigenvalue weighted by atomic mass is 15.2. The van der Waals surface area contributed by atoms with E-state index in [1.165, 1.54) is 45.3 Å². The smallest absolute Gasteiger partial charge is 0.0218 e. The molecule has 84 valence electrons. The van der Waals surface area contributed by atoms with E-state index < -0.39 is 0 Å². The Bertz CT molecular complexity index is 145. The zero-order chi connectivity index (χ0) is 10.4. The minimum Gasteiger partial charge on any atom is -0.315 e. The first kappa shape index (κ1) is 12.0. The summed E-state index contributed by atoms with van der Waals surface area (Å²) in [7, 11) is 2.24. The van der Waals surface area contributed by atoms with Gasteiger partial charge in [0.25, 0.3) is 0 Å². The molecule has 2 heteroatoms. The molecular weight excluding hydrogens is 172 g/mol. The highest BCUT2D eigenvalue weighted by Gasteiger charge is 2.19. The van der Waals surface area contributed by atoms with Crippen LogP contribution in [0.4, 0.5) is 0 Å². The third-order valence-corrected chi connectivity index (χ3v) is 3.19. The highest BCUT2D eigenvalue weighted by molar-refractivity contribution is 4.77. The molecule has 1 unspecified atom stereocenters. The van der Waals surface area contributed by atoms with E-state index in [0.29, 0.717) is 0 Å². The second kappa shape index (κ2) is 6.41. The Morgan fingerprint density at radius 2 is 2.21 bits per heavy atom. The Morgan fingerprint density at radius 3 is 2.79 bits per heavy atom. The summed E-state index contributed by atoms with van der Waals surface area (Å²) in [5.41, 5.74) is 0. The maximum absolute atomic E-state index is 3.57. The second-order valence-corrected chi connectivity index (χ2v) is 5.02. The summed E-state index contributed by atoms with van der Waals surface area (Å²) in [5, 5.41) is 3.57. The van der Waals surface area contributed by atoms with Crippen molar-refractivity contribution in [2.45, 2.75) is 45.6 Å². The van der Waals surface area contributed by atoms with Gasteiger partial charge < -0.3 is 10.2 Å². The van der Waals surface area contributed by atoms with E-state index in [0.717, 1.165) is 12.0 Å². The van der Waals surface area contributed by atoms with E-state index >= 15 is 0 Å². The van der Waals surface area contributed by atoms with E-state index in [1.807, 2.05) is 0 Å². The van der Waals surface area contributed by atoms with Crippen LogP contribution in [-0.4, -0.2) is 37.6 Å².